The molecule has 1 aromatic heterocycles. The minimum Gasteiger partial charge on any atom is -0.489 e. The largest absolute Gasteiger partial charge is 0.489 e. The first-order valence-electron chi connectivity index (χ1n) is 10.7. The van der Waals surface area contributed by atoms with Gasteiger partial charge in [0.25, 0.3) is 0 Å². The average molecular weight is 534 g/mol. The monoisotopic (exact) mass is 533 g/mol. The van der Waals surface area contributed by atoms with E-state index in [1.54, 1.807) is 18.3 Å². The highest BCUT2D eigenvalue weighted by molar-refractivity contribution is 7.89. The quantitative estimate of drug-likeness (QED) is 0.335. The van der Waals surface area contributed by atoms with Gasteiger partial charge in [-0.15, -0.1) is 11.6 Å². The standard InChI is InChI=1S/C25H25Cl2N3O4S/c1-25(2,19-10-17(12-28)24(23(27)11-19)33-9-8-26)18-4-6-22(7-5-18)34-15-20-13-29-14-21(30-20)16-35(3,31)32/h4-7,10-11,13-14H,8-9,15-16H2,1-3H3. The van der Waals surface area contributed by atoms with Crippen molar-refractivity contribution < 1.29 is 17.9 Å². The summed E-state index contributed by atoms with van der Waals surface area (Å²) in [7, 11) is -3.20. The number of rotatable bonds is 10. The smallest absolute Gasteiger partial charge is 0.155 e. The van der Waals surface area contributed by atoms with E-state index < -0.39 is 15.3 Å². The van der Waals surface area contributed by atoms with E-state index in [1.165, 1.54) is 6.20 Å². The van der Waals surface area contributed by atoms with Crippen molar-refractivity contribution in [1.29, 1.82) is 5.26 Å². The topological polar surface area (TPSA) is 102 Å². The van der Waals surface area contributed by atoms with Crippen LogP contribution in [-0.2, 0) is 27.6 Å². The van der Waals surface area contributed by atoms with E-state index in [9.17, 15) is 13.7 Å². The average Bonchev–Trinajstić information content (AvgIpc) is 2.81. The van der Waals surface area contributed by atoms with Crippen LogP contribution in [0.5, 0.6) is 11.5 Å². The zero-order valence-electron chi connectivity index (χ0n) is 19.6. The summed E-state index contributed by atoms with van der Waals surface area (Å²) in [6, 6.07) is 13.3. The fourth-order valence-electron chi connectivity index (χ4n) is 3.48. The Labute approximate surface area is 215 Å². The maximum atomic E-state index is 11.5. The summed E-state index contributed by atoms with van der Waals surface area (Å²) in [6.07, 6.45) is 4.13. The number of hydrogen-bond acceptors (Lipinski definition) is 7. The van der Waals surface area contributed by atoms with Gasteiger partial charge in [0.1, 0.15) is 25.0 Å². The van der Waals surface area contributed by atoms with Crippen molar-refractivity contribution in [3.8, 4) is 17.6 Å². The lowest BCUT2D eigenvalue weighted by molar-refractivity contribution is 0.300. The summed E-state index contributed by atoms with van der Waals surface area (Å²) in [4.78, 5) is 8.35. The normalized spacial score (nSPS) is 11.7. The minimum absolute atomic E-state index is 0.151. The molecule has 3 rings (SSSR count). The molecule has 0 aliphatic heterocycles. The Balaban J connectivity index is 1.75. The lowest BCUT2D eigenvalue weighted by Gasteiger charge is -2.27. The van der Waals surface area contributed by atoms with Crippen LogP contribution in [0.15, 0.2) is 48.8 Å². The highest BCUT2D eigenvalue weighted by Crippen LogP contribution is 2.38. The fourth-order valence-corrected chi connectivity index (χ4v) is 4.50. The molecule has 10 heteroatoms. The number of benzene rings is 2. The molecule has 0 saturated carbocycles. The van der Waals surface area contributed by atoms with Crippen molar-refractivity contribution in [2.45, 2.75) is 31.6 Å². The van der Waals surface area contributed by atoms with E-state index in [1.807, 2.05) is 38.1 Å². The maximum Gasteiger partial charge on any atom is 0.155 e. The highest BCUT2D eigenvalue weighted by Gasteiger charge is 2.26. The van der Waals surface area contributed by atoms with Crippen molar-refractivity contribution in [1.82, 2.24) is 9.97 Å². The van der Waals surface area contributed by atoms with Crippen molar-refractivity contribution >= 4 is 33.0 Å². The number of alkyl halides is 1. The number of nitriles is 1. The van der Waals surface area contributed by atoms with Crippen LogP contribution in [0.2, 0.25) is 5.02 Å². The van der Waals surface area contributed by atoms with Gasteiger partial charge in [0.05, 0.1) is 39.8 Å². The lowest BCUT2D eigenvalue weighted by Crippen LogP contribution is -2.19. The van der Waals surface area contributed by atoms with Crippen molar-refractivity contribution in [3.05, 3.63) is 81.9 Å². The second-order valence-electron chi connectivity index (χ2n) is 8.49. The molecule has 0 fully saturated rings. The summed E-state index contributed by atoms with van der Waals surface area (Å²) >= 11 is 12.1. The maximum absolute atomic E-state index is 11.5. The molecule has 3 aromatic rings. The molecule has 2 aromatic carbocycles. The van der Waals surface area contributed by atoms with Crippen LogP contribution in [0, 0.1) is 11.3 Å². The molecule has 35 heavy (non-hydrogen) atoms. The SMILES string of the molecule is CC(C)(c1ccc(OCc2cncc(CS(C)(=O)=O)n2)cc1)c1cc(Cl)c(OCCCl)c(C#N)c1. The number of ether oxygens (including phenoxy) is 2. The van der Waals surface area contributed by atoms with Gasteiger partial charge in [-0.05, 0) is 35.4 Å². The molecule has 0 bridgehead atoms. The van der Waals surface area contributed by atoms with Crippen LogP contribution >= 0.6 is 23.2 Å². The van der Waals surface area contributed by atoms with Gasteiger partial charge in [0.15, 0.2) is 15.6 Å². The number of nitrogens with zero attached hydrogens (tertiary/aromatic N) is 3. The van der Waals surface area contributed by atoms with Gasteiger partial charge in [-0.3, -0.25) is 4.98 Å². The molecule has 7 nitrogen and oxygen atoms in total. The minimum atomic E-state index is -3.20. The molecule has 0 aliphatic carbocycles. The number of sulfone groups is 1. The van der Waals surface area contributed by atoms with E-state index in [0.29, 0.717) is 39.4 Å². The van der Waals surface area contributed by atoms with Gasteiger partial charge in [0.2, 0.25) is 0 Å². The summed E-state index contributed by atoms with van der Waals surface area (Å²) in [5, 5.41) is 9.95. The summed E-state index contributed by atoms with van der Waals surface area (Å²) in [5.74, 6) is 1.08. The molecule has 0 atom stereocenters. The van der Waals surface area contributed by atoms with Gasteiger partial charge >= 0.3 is 0 Å². The Bertz CT molecular complexity index is 1340. The molecule has 0 amide bonds. The molecule has 1 heterocycles. The van der Waals surface area contributed by atoms with E-state index in [4.69, 9.17) is 32.7 Å². The lowest BCUT2D eigenvalue weighted by atomic mass is 9.77. The Morgan fingerprint density at radius 2 is 1.74 bits per heavy atom. The second-order valence-corrected chi connectivity index (χ2v) is 11.4. The Morgan fingerprint density at radius 1 is 1.06 bits per heavy atom. The molecular weight excluding hydrogens is 509 g/mol. The first-order chi connectivity index (χ1) is 16.5. The van der Waals surface area contributed by atoms with Gasteiger partial charge in [-0.25, -0.2) is 13.4 Å². The number of aromatic nitrogens is 2. The van der Waals surface area contributed by atoms with Gasteiger partial charge < -0.3 is 9.47 Å². The van der Waals surface area contributed by atoms with E-state index in [-0.39, 0.29) is 19.0 Å². The van der Waals surface area contributed by atoms with Crippen molar-refractivity contribution in [2.75, 3.05) is 18.7 Å². The van der Waals surface area contributed by atoms with E-state index in [0.717, 1.165) is 17.4 Å². The molecule has 0 N–H and O–H groups in total. The molecule has 0 unspecified atom stereocenters. The summed E-state index contributed by atoms with van der Waals surface area (Å²) in [6.45, 7) is 4.49. The predicted octanol–water partition coefficient (Wildman–Crippen LogP) is 5.07. The number of halogens is 2. The fraction of sp³-hybridized carbons (Fsp3) is 0.320. The molecule has 0 radical (unpaired) electrons. The molecule has 184 valence electrons. The Hall–Kier alpha value is -2.86. The van der Waals surface area contributed by atoms with Crippen LogP contribution < -0.4 is 9.47 Å². The van der Waals surface area contributed by atoms with E-state index >= 15 is 0 Å². The highest BCUT2D eigenvalue weighted by atomic mass is 35.5. The van der Waals surface area contributed by atoms with Gasteiger partial charge in [-0.1, -0.05) is 37.6 Å². The third-order valence-electron chi connectivity index (χ3n) is 5.32. The first-order valence-corrected chi connectivity index (χ1v) is 13.6. The van der Waals surface area contributed by atoms with Crippen LogP contribution in [0.25, 0.3) is 0 Å². The third-order valence-corrected chi connectivity index (χ3v) is 6.57. The van der Waals surface area contributed by atoms with Crippen molar-refractivity contribution in [2.24, 2.45) is 0 Å². The van der Waals surface area contributed by atoms with Crippen LogP contribution in [-0.4, -0.2) is 37.1 Å². The zero-order chi connectivity index (χ0) is 25.6. The Morgan fingerprint density at radius 3 is 2.37 bits per heavy atom. The first kappa shape index (κ1) is 26.7. The third kappa shape index (κ3) is 7.07. The molecule has 0 saturated heterocycles. The van der Waals surface area contributed by atoms with Crippen molar-refractivity contribution in [3.63, 3.8) is 0 Å². The second kappa shape index (κ2) is 11.3. The van der Waals surface area contributed by atoms with Crippen LogP contribution in [0.1, 0.15) is 41.9 Å². The molecular formula is C25H25Cl2N3O4S. The van der Waals surface area contributed by atoms with E-state index in [2.05, 4.69) is 16.0 Å². The summed E-state index contributed by atoms with van der Waals surface area (Å²) < 4.78 is 34.3. The van der Waals surface area contributed by atoms with Gasteiger partial charge in [-0.2, -0.15) is 5.26 Å². The number of hydrogen-bond donors (Lipinski definition) is 0. The molecule has 0 aliphatic rings. The van der Waals surface area contributed by atoms with Crippen LogP contribution in [0.4, 0.5) is 0 Å². The predicted molar refractivity (Wildman–Crippen MR) is 136 cm³/mol. The zero-order valence-corrected chi connectivity index (χ0v) is 21.9. The van der Waals surface area contributed by atoms with Gasteiger partial charge in [0, 0.05) is 17.9 Å². The van der Waals surface area contributed by atoms with Crippen LogP contribution in [0.3, 0.4) is 0 Å². The Kier molecular flexibility index (Phi) is 8.60. The summed E-state index contributed by atoms with van der Waals surface area (Å²) in [5.41, 5.74) is 2.67. The molecule has 0 spiro atoms.